The van der Waals surface area contributed by atoms with E-state index in [0.29, 0.717) is 12.1 Å². The van der Waals surface area contributed by atoms with E-state index < -0.39 is 5.92 Å². The zero-order chi connectivity index (χ0) is 14.4. The monoisotopic (exact) mass is 265 g/mol. The summed E-state index contributed by atoms with van der Waals surface area (Å²) >= 11 is 0. The highest BCUT2D eigenvalue weighted by Crippen LogP contribution is 2.13. The number of nitriles is 1. The fourth-order valence-corrected chi connectivity index (χ4v) is 1.90. The summed E-state index contributed by atoms with van der Waals surface area (Å²) in [6.45, 7) is 1.95. The molecule has 4 heteroatoms. The molecule has 1 aromatic carbocycles. The Morgan fingerprint density at radius 1 is 1.35 bits per heavy atom. The molecule has 100 valence electrons. The molecule has 20 heavy (non-hydrogen) atoms. The van der Waals surface area contributed by atoms with Gasteiger partial charge in [0.15, 0.2) is 0 Å². The lowest BCUT2D eigenvalue weighted by Crippen LogP contribution is -2.23. The van der Waals surface area contributed by atoms with Gasteiger partial charge < -0.3 is 5.32 Å². The van der Waals surface area contributed by atoms with Crippen molar-refractivity contribution < 1.29 is 4.79 Å². The fourth-order valence-electron chi connectivity index (χ4n) is 1.90. The van der Waals surface area contributed by atoms with Crippen LogP contribution in [0.2, 0.25) is 0 Å². The first-order valence-corrected chi connectivity index (χ1v) is 6.35. The molecule has 0 aliphatic heterocycles. The molecule has 2 aromatic rings. The molecule has 0 bridgehead atoms. The van der Waals surface area contributed by atoms with Crippen LogP contribution in [0.3, 0.4) is 0 Å². The number of hydrogen-bond donors (Lipinski definition) is 1. The smallest absolute Gasteiger partial charge is 0.242 e. The molecule has 0 aliphatic carbocycles. The predicted molar refractivity (Wildman–Crippen MR) is 76.9 cm³/mol. The number of hydrogen-bond acceptors (Lipinski definition) is 3. The van der Waals surface area contributed by atoms with Crippen molar-refractivity contribution >= 4 is 11.6 Å². The normalized spacial score (nSPS) is 11.4. The van der Waals surface area contributed by atoms with E-state index in [9.17, 15) is 4.79 Å². The average molecular weight is 265 g/mol. The molecule has 1 heterocycles. The third kappa shape index (κ3) is 3.66. The lowest BCUT2D eigenvalue weighted by molar-refractivity contribution is -0.118. The number of carbonyl (C=O) groups excluding carboxylic acids is 1. The summed E-state index contributed by atoms with van der Waals surface area (Å²) < 4.78 is 0. The zero-order valence-corrected chi connectivity index (χ0v) is 11.2. The third-order valence-electron chi connectivity index (χ3n) is 2.95. The molecule has 1 N–H and O–H groups in total. The van der Waals surface area contributed by atoms with Crippen LogP contribution in [0.5, 0.6) is 0 Å². The Hall–Kier alpha value is -2.67. The largest absolute Gasteiger partial charge is 0.325 e. The number of pyridine rings is 1. The van der Waals surface area contributed by atoms with Crippen LogP contribution in [-0.2, 0) is 11.2 Å². The van der Waals surface area contributed by atoms with Crippen molar-refractivity contribution in [1.29, 1.82) is 5.26 Å². The van der Waals surface area contributed by atoms with Crippen molar-refractivity contribution in [1.82, 2.24) is 4.98 Å². The maximum Gasteiger partial charge on any atom is 0.242 e. The lowest BCUT2D eigenvalue weighted by Gasteiger charge is -2.10. The Bertz CT molecular complexity index is 632. The number of benzene rings is 1. The minimum Gasteiger partial charge on any atom is -0.325 e. The van der Waals surface area contributed by atoms with Crippen molar-refractivity contribution in [2.75, 3.05) is 5.32 Å². The molecule has 0 radical (unpaired) electrons. The molecule has 1 atom stereocenters. The molecule has 4 nitrogen and oxygen atoms in total. The highest BCUT2D eigenvalue weighted by atomic mass is 16.1. The minimum absolute atomic E-state index is 0.282. The van der Waals surface area contributed by atoms with Gasteiger partial charge >= 0.3 is 0 Å². The number of carbonyl (C=O) groups is 1. The molecule has 0 saturated carbocycles. The molecule has 2 rings (SSSR count). The van der Waals surface area contributed by atoms with Gasteiger partial charge in [-0.15, -0.1) is 0 Å². The number of nitrogens with one attached hydrogen (secondary N) is 1. The number of anilines is 1. The van der Waals surface area contributed by atoms with Crippen LogP contribution in [0.1, 0.15) is 11.1 Å². The van der Waals surface area contributed by atoms with Gasteiger partial charge in [0.05, 0.1) is 6.07 Å². The van der Waals surface area contributed by atoms with E-state index in [1.807, 2.05) is 43.3 Å². The molecule has 0 aliphatic rings. The SMILES string of the molecule is Cc1cccc(NC(=O)C(C#N)Cc2ccncc2)c1. The van der Waals surface area contributed by atoms with Gasteiger partial charge in [-0.05, 0) is 48.7 Å². The molecular weight excluding hydrogens is 250 g/mol. The number of aromatic nitrogens is 1. The van der Waals surface area contributed by atoms with Gasteiger partial charge in [0.1, 0.15) is 5.92 Å². The van der Waals surface area contributed by atoms with Gasteiger partial charge in [-0.1, -0.05) is 12.1 Å². The molecule has 1 unspecified atom stereocenters. The lowest BCUT2D eigenvalue weighted by atomic mass is 10.0. The van der Waals surface area contributed by atoms with E-state index in [1.165, 1.54) is 0 Å². The zero-order valence-electron chi connectivity index (χ0n) is 11.2. The Balaban J connectivity index is 2.05. The van der Waals surface area contributed by atoms with Gasteiger partial charge in [-0.2, -0.15) is 5.26 Å². The van der Waals surface area contributed by atoms with Crippen molar-refractivity contribution in [3.8, 4) is 6.07 Å². The van der Waals surface area contributed by atoms with Crippen LogP contribution < -0.4 is 5.32 Å². The minimum atomic E-state index is -0.710. The van der Waals surface area contributed by atoms with Crippen molar-refractivity contribution in [2.24, 2.45) is 5.92 Å². The summed E-state index contributed by atoms with van der Waals surface area (Å²) in [4.78, 5) is 16.0. The Morgan fingerprint density at radius 2 is 2.10 bits per heavy atom. The van der Waals surface area contributed by atoms with E-state index in [0.717, 1.165) is 11.1 Å². The number of rotatable bonds is 4. The molecule has 0 fully saturated rings. The Labute approximate surface area is 118 Å². The number of aryl methyl sites for hydroxylation is 1. The maximum atomic E-state index is 12.1. The highest BCUT2D eigenvalue weighted by molar-refractivity contribution is 5.94. The van der Waals surface area contributed by atoms with E-state index in [4.69, 9.17) is 5.26 Å². The van der Waals surface area contributed by atoms with Crippen molar-refractivity contribution in [3.05, 3.63) is 59.9 Å². The molecule has 0 spiro atoms. The van der Waals surface area contributed by atoms with Gasteiger partial charge in [-0.3, -0.25) is 9.78 Å². The van der Waals surface area contributed by atoms with Gasteiger partial charge in [-0.25, -0.2) is 0 Å². The number of nitrogens with zero attached hydrogens (tertiary/aromatic N) is 2. The number of amides is 1. The van der Waals surface area contributed by atoms with E-state index in [-0.39, 0.29) is 5.91 Å². The van der Waals surface area contributed by atoms with Gasteiger partial charge in [0.25, 0.3) is 0 Å². The van der Waals surface area contributed by atoms with Crippen molar-refractivity contribution in [3.63, 3.8) is 0 Å². The summed E-state index contributed by atoms with van der Waals surface area (Å²) in [6.07, 6.45) is 3.70. The van der Waals surface area contributed by atoms with Crippen LogP contribution in [0.15, 0.2) is 48.8 Å². The summed E-state index contributed by atoms with van der Waals surface area (Å²) in [6, 6.07) is 13.2. The Kier molecular flexibility index (Phi) is 4.46. The van der Waals surface area contributed by atoms with Crippen LogP contribution in [-0.4, -0.2) is 10.9 Å². The second kappa shape index (κ2) is 6.48. The van der Waals surface area contributed by atoms with Gasteiger partial charge in [0.2, 0.25) is 5.91 Å². The molecule has 0 saturated heterocycles. The second-order valence-corrected chi connectivity index (χ2v) is 4.60. The van der Waals surface area contributed by atoms with Crippen LogP contribution in [0.4, 0.5) is 5.69 Å². The summed E-state index contributed by atoms with van der Waals surface area (Å²) in [5.74, 6) is -0.993. The summed E-state index contributed by atoms with van der Waals surface area (Å²) in [7, 11) is 0. The fraction of sp³-hybridized carbons (Fsp3) is 0.188. The predicted octanol–water partition coefficient (Wildman–Crippen LogP) is 2.71. The molecule has 1 amide bonds. The first kappa shape index (κ1) is 13.8. The van der Waals surface area contributed by atoms with E-state index >= 15 is 0 Å². The standard InChI is InChI=1S/C16H15N3O/c1-12-3-2-4-15(9-12)19-16(20)14(11-17)10-13-5-7-18-8-6-13/h2-9,14H,10H2,1H3,(H,19,20). The van der Waals surface area contributed by atoms with Crippen LogP contribution in [0.25, 0.3) is 0 Å². The maximum absolute atomic E-state index is 12.1. The van der Waals surface area contributed by atoms with E-state index in [1.54, 1.807) is 12.4 Å². The first-order chi connectivity index (χ1) is 9.69. The average Bonchev–Trinajstić information content (AvgIpc) is 2.45. The van der Waals surface area contributed by atoms with E-state index in [2.05, 4.69) is 16.4 Å². The van der Waals surface area contributed by atoms with Gasteiger partial charge in [0, 0.05) is 18.1 Å². The van der Waals surface area contributed by atoms with Crippen molar-refractivity contribution in [2.45, 2.75) is 13.3 Å². The molecule has 1 aromatic heterocycles. The summed E-state index contributed by atoms with van der Waals surface area (Å²) in [5, 5.41) is 11.9. The quantitative estimate of drug-likeness (QED) is 0.924. The Morgan fingerprint density at radius 3 is 2.75 bits per heavy atom. The van der Waals surface area contributed by atoms with Crippen LogP contribution in [0, 0.1) is 24.2 Å². The first-order valence-electron chi connectivity index (χ1n) is 6.35. The van der Waals surface area contributed by atoms with Crippen LogP contribution >= 0.6 is 0 Å². The second-order valence-electron chi connectivity index (χ2n) is 4.60. The summed E-state index contributed by atoms with van der Waals surface area (Å²) in [5.41, 5.74) is 2.70. The topological polar surface area (TPSA) is 65.8 Å². The highest BCUT2D eigenvalue weighted by Gasteiger charge is 2.18. The molecular formula is C16H15N3O. The third-order valence-corrected chi connectivity index (χ3v) is 2.95.